The van der Waals surface area contributed by atoms with Gasteiger partial charge in [-0.05, 0) is 29.1 Å². The van der Waals surface area contributed by atoms with Crippen LogP contribution in [0.15, 0.2) is 48.8 Å². The second-order valence-electron chi connectivity index (χ2n) is 5.05. The van der Waals surface area contributed by atoms with Crippen LogP contribution in [0.1, 0.15) is 11.6 Å². The molecule has 3 aromatic rings. The van der Waals surface area contributed by atoms with Crippen LogP contribution in [0.3, 0.4) is 0 Å². The lowest BCUT2D eigenvalue weighted by molar-refractivity contribution is -0.142. The van der Waals surface area contributed by atoms with Crippen LogP contribution in [-0.4, -0.2) is 30.0 Å². The number of hydrogen-bond acceptors (Lipinski definition) is 5. The Balaban J connectivity index is 2.17. The third-order valence-corrected chi connectivity index (χ3v) is 3.75. The number of rotatable bonds is 4. The summed E-state index contributed by atoms with van der Waals surface area (Å²) in [7, 11) is 2.94. The number of nitrogens with zero attached hydrogens (tertiary/aromatic N) is 2. The van der Waals surface area contributed by atoms with Gasteiger partial charge in [0.05, 0.1) is 14.2 Å². The summed E-state index contributed by atoms with van der Waals surface area (Å²) in [5.41, 5.74) is 7.45. The van der Waals surface area contributed by atoms with E-state index in [1.807, 2.05) is 42.6 Å². The van der Waals surface area contributed by atoms with Gasteiger partial charge in [0.15, 0.2) is 0 Å². The van der Waals surface area contributed by atoms with Crippen molar-refractivity contribution in [3.05, 3.63) is 54.4 Å². The van der Waals surface area contributed by atoms with Crippen molar-refractivity contribution in [1.82, 2.24) is 9.78 Å². The van der Waals surface area contributed by atoms with Gasteiger partial charge in [0, 0.05) is 17.8 Å². The molecule has 0 unspecified atom stereocenters. The van der Waals surface area contributed by atoms with Crippen LogP contribution in [0.2, 0.25) is 0 Å². The van der Waals surface area contributed by atoms with Gasteiger partial charge in [-0.3, -0.25) is 4.79 Å². The van der Waals surface area contributed by atoms with E-state index < -0.39 is 12.0 Å². The van der Waals surface area contributed by atoms with Crippen molar-refractivity contribution in [2.24, 2.45) is 5.73 Å². The summed E-state index contributed by atoms with van der Waals surface area (Å²) in [4.78, 5) is 11.6. The quantitative estimate of drug-likeness (QED) is 0.747. The molecule has 1 atom stereocenters. The smallest absolute Gasteiger partial charge is 0.327 e. The Kier molecular flexibility index (Phi) is 3.99. The molecule has 0 aliphatic rings. The summed E-state index contributed by atoms with van der Waals surface area (Å²) in [6.07, 6.45) is 3.56. The van der Waals surface area contributed by atoms with Crippen LogP contribution in [0.25, 0.3) is 16.5 Å². The molecule has 0 aliphatic heterocycles. The molecule has 1 aromatic heterocycles. The Morgan fingerprint density at radius 2 is 2.09 bits per heavy atom. The van der Waals surface area contributed by atoms with Gasteiger partial charge >= 0.3 is 5.97 Å². The molecule has 0 fully saturated rings. The standard InChI is InChI=1S/C17H17N3O3/c1-22-14-7-5-11-10-12(15(18)17(21)23-2)4-6-13(11)16(14)20-9-3-8-19-20/h3-10,15H,18H2,1-2H3/t15-/m0/s1. The van der Waals surface area contributed by atoms with Gasteiger partial charge in [-0.1, -0.05) is 18.2 Å². The van der Waals surface area contributed by atoms with E-state index in [1.54, 1.807) is 18.0 Å². The van der Waals surface area contributed by atoms with Crippen LogP contribution < -0.4 is 10.5 Å². The Morgan fingerprint density at radius 1 is 1.26 bits per heavy atom. The molecule has 1 heterocycles. The zero-order chi connectivity index (χ0) is 16.4. The van der Waals surface area contributed by atoms with E-state index in [0.29, 0.717) is 11.3 Å². The molecule has 0 aliphatic carbocycles. The summed E-state index contributed by atoms with van der Waals surface area (Å²) in [6.45, 7) is 0. The summed E-state index contributed by atoms with van der Waals surface area (Å²) in [6, 6.07) is 10.4. The summed E-state index contributed by atoms with van der Waals surface area (Å²) < 4.78 is 11.9. The lowest BCUT2D eigenvalue weighted by atomic mass is 10.0. The summed E-state index contributed by atoms with van der Waals surface area (Å²) in [5.74, 6) is 0.247. The minimum atomic E-state index is -0.806. The monoisotopic (exact) mass is 311 g/mol. The first-order chi connectivity index (χ1) is 11.2. The molecular formula is C17H17N3O3. The highest BCUT2D eigenvalue weighted by Crippen LogP contribution is 2.32. The molecule has 0 bridgehead atoms. The number of aromatic nitrogens is 2. The van der Waals surface area contributed by atoms with Crippen LogP contribution in [0, 0.1) is 0 Å². The number of carbonyl (C=O) groups is 1. The van der Waals surface area contributed by atoms with E-state index in [4.69, 9.17) is 15.2 Å². The topological polar surface area (TPSA) is 79.4 Å². The molecule has 0 saturated carbocycles. The number of fused-ring (bicyclic) bond motifs is 1. The molecule has 3 rings (SSSR count). The molecule has 2 aromatic carbocycles. The Hall–Kier alpha value is -2.86. The first-order valence-corrected chi connectivity index (χ1v) is 7.09. The number of methoxy groups -OCH3 is 2. The molecule has 118 valence electrons. The summed E-state index contributed by atoms with van der Waals surface area (Å²) >= 11 is 0. The fourth-order valence-corrected chi connectivity index (χ4v) is 2.57. The zero-order valence-corrected chi connectivity index (χ0v) is 12.9. The Morgan fingerprint density at radius 3 is 2.74 bits per heavy atom. The zero-order valence-electron chi connectivity index (χ0n) is 12.9. The maximum atomic E-state index is 11.6. The predicted octanol–water partition coefficient (Wildman–Crippen LogP) is 2.21. The number of ether oxygens (including phenoxy) is 2. The highest BCUT2D eigenvalue weighted by atomic mass is 16.5. The fraction of sp³-hybridized carbons (Fsp3) is 0.176. The van der Waals surface area contributed by atoms with Crippen molar-refractivity contribution in [2.75, 3.05) is 14.2 Å². The van der Waals surface area contributed by atoms with Crippen molar-refractivity contribution < 1.29 is 14.3 Å². The second kappa shape index (κ2) is 6.10. The van der Waals surface area contributed by atoms with Gasteiger partial charge in [-0.25, -0.2) is 4.68 Å². The van der Waals surface area contributed by atoms with Gasteiger partial charge in [0.2, 0.25) is 0 Å². The minimum Gasteiger partial charge on any atom is -0.494 e. The minimum absolute atomic E-state index is 0.467. The SMILES string of the molecule is COC(=O)[C@@H](N)c1ccc2c(-n3cccn3)c(OC)ccc2c1. The van der Waals surface area contributed by atoms with Crippen LogP contribution >= 0.6 is 0 Å². The highest BCUT2D eigenvalue weighted by molar-refractivity contribution is 5.94. The first-order valence-electron chi connectivity index (χ1n) is 7.09. The van der Waals surface area contributed by atoms with Crippen molar-refractivity contribution in [1.29, 1.82) is 0 Å². The number of hydrogen-bond donors (Lipinski definition) is 1. The molecule has 2 N–H and O–H groups in total. The van der Waals surface area contributed by atoms with Crippen molar-refractivity contribution in [3.63, 3.8) is 0 Å². The summed E-state index contributed by atoms with van der Waals surface area (Å²) in [5, 5.41) is 6.17. The molecular weight excluding hydrogens is 294 g/mol. The molecule has 0 amide bonds. The van der Waals surface area contributed by atoms with Crippen molar-refractivity contribution >= 4 is 16.7 Å². The van der Waals surface area contributed by atoms with E-state index >= 15 is 0 Å². The number of carbonyl (C=O) groups excluding carboxylic acids is 1. The molecule has 0 radical (unpaired) electrons. The van der Waals surface area contributed by atoms with E-state index in [9.17, 15) is 4.79 Å². The lowest BCUT2D eigenvalue weighted by Gasteiger charge is -2.14. The third kappa shape index (κ3) is 2.64. The maximum absolute atomic E-state index is 11.6. The van der Waals surface area contributed by atoms with E-state index in [2.05, 4.69) is 5.10 Å². The Labute approximate surface area is 133 Å². The van der Waals surface area contributed by atoms with Gasteiger partial charge in [-0.2, -0.15) is 5.10 Å². The Bertz CT molecular complexity index is 844. The number of benzene rings is 2. The van der Waals surface area contributed by atoms with Gasteiger partial charge in [0.1, 0.15) is 17.5 Å². The molecule has 0 saturated heterocycles. The van der Waals surface area contributed by atoms with Crippen molar-refractivity contribution in [3.8, 4) is 11.4 Å². The van der Waals surface area contributed by atoms with Gasteiger partial charge in [0.25, 0.3) is 0 Å². The van der Waals surface area contributed by atoms with E-state index in [-0.39, 0.29) is 0 Å². The first kappa shape index (κ1) is 15.1. The average Bonchev–Trinajstić information content (AvgIpc) is 3.12. The normalized spacial score (nSPS) is 12.1. The van der Waals surface area contributed by atoms with E-state index in [0.717, 1.165) is 16.5 Å². The predicted molar refractivity (Wildman–Crippen MR) is 86.6 cm³/mol. The number of esters is 1. The van der Waals surface area contributed by atoms with Crippen LogP contribution in [0.5, 0.6) is 5.75 Å². The largest absolute Gasteiger partial charge is 0.494 e. The van der Waals surface area contributed by atoms with Crippen LogP contribution in [-0.2, 0) is 9.53 Å². The third-order valence-electron chi connectivity index (χ3n) is 3.75. The van der Waals surface area contributed by atoms with Crippen LogP contribution in [0.4, 0.5) is 0 Å². The fourth-order valence-electron chi connectivity index (χ4n) is 2.57. The molecule has 23 heavy (non-hydrogen) atoms. The number of nitrogens with two attached hydrogens (primary N) is 1. The second-order valence-corrected chi connectivity index (χ2v) is 5.05. The molecule has 6 heteroatoms. The average molecular weight is 311 g/mol. The lowest BCUT2D eigenvalue weighted by Crippen LogP contribution is -2.22. The molecule has 6 nitrogen and oxygen atoms in total. The van der Waals surface area contributed by atoms with E-state index in [1.165, 1.54) is 7.11 Å². The van der Waals surface area contributed by atoms with Gasteiger partial charge in [-0.15, -0.1) is 0 Å². The highest BCUT2D eigenvalue weighted by Gasteiger charge is 2.18. The van der Waals surface area contributed by atoms with Crippen molar-refractivity contribution in [2.45, 2.75) is 6.04 Å². The molecule has 0 spiro atoms. The maximum Gasteiger partial charge on any atom is 0.327 e. The van der Waals surface area contributed by atoms with Gasteiger partial charge < -0.3 is 15.2 Å².